The van der Waals surface area contributed by atoms with Gasteiger partial charge in [-0.3, -0.25) is 9.00 Å². The molecule has 0 spiro atoms. The fourth-order valence-corrected chi connectivity index (χ4v) is 3.44. The molecule has 0 saturated carbocycles. The molecule has 25 heavy (non-hydrogen) atoms. The van der Waals surface area contributed by atoms with E-state index in [1.54, 1.807) is 19.2 Å². The molecule has 8 heteroatoms. The predicted molar refractivity (Wildman–Crippen MR) is 104 cm³/mol. The molecule has 0 heterocycles. The predicted octanol–water partition coefficient (Wildman–Crippen LogP) is 1.82. The van der Waals surface area contributed by atoms with E-state index in [0.29, 0.717) is 12.1 Å². The van der Waals surface area contributed by atoms with Crippen LogP contribution in [0.15, 0.2) is 24.3 Å². The molecule has 2 atom stereocenters. The summed E-state index contributed by atoms with van der Waals surface area (Å²) in [5.74, 6) is -0.257. The fraction of sp³-hybridized carbons (Fsp3) is 0.529. The summed E-state index contributed by atoms with van der Waals surface area (Å²) in [5, 5.41) is 5.66. The molecule has 1 aromatic rings. The second-order valence-corrected chi connectivity index (χ2v) is 7.00. The lowest BCUT2D eigenvalue weighted by Crippen LogP contribution is -2.55. The van der Waals surface area contributed by atoms with Gasteiger partial charge >= 0.3 is 0 Å². The lowest BCUT2D eigenvalue weighted by Gasteiger charge is -2.36. The van der Waals surface area contributed by atoms with Crippen LogP contribution in [0.25, 0.3) is 0 Å². The average Bonchev–Trinajstić information content (AvgIpc) is 2.57. The third-order valence-electron chi connectivity index (χ3n) is 3.94. The third-order valence-corrected chi connectivity index (χ3v) is 5.01. The van der Waals surface area contributed by atoms with E-state index in [2.05, 4.69) is 22.3 Å². The third kappa shape index (κ3) is 6.47. The number of likely N-dealkylation sites (N-methyl/N-ethyl adjacent to an activating group) is 1. The van der Waals surface area contributed by atoms with Crippen LogP contribution in [-0.2, 0) is 21.6 Å². The maximum Gasteiger partial charge on any atom is 0.222 e. The lowest BCUT2D eigenvalue weighted by molar-refractivity contribution is -0.121. The molecule has 0 fully saturated rings. The highest BCUT2D eigenvalue weighted by atomic mass is 32.2. The van der Waals surface area contributed by atoms with Crippen LogP contribution in [0.2, 0.25) is 0 Å². The van der Waals surface area contributed by atoms with Crippen LogP contribution in [0.4, 0.5) is 0 Å². The topological polar surface area (TPSA) is 93.3 Å². The number of carbonyl (C=O) groups is 1. The van der Waals surface area contributed by atoms with Crippen molar-refractivity contribution in [3.05, 3.63) is 35.4 Å². The van der Waals surface area contributed by atoms with Crippen molar-refractivity contribution in [1.82, 2.24) is 15.4 Å². The van der Waals surface area contributed by atoms with Crippen LogP contribution in [-0.4, -0.2) is 33.2 Å². The monoisotopic (exact) mass is 384 g/mol. The van der Waals surface area contributed by atoms with Gasteiger partial charge in [0.2, 0.25) is 5.91 Å². The van der Waals surface area contributed by atoms with Gasteiger partial charge in [-0.1, -0.05) is 61.8 Å². The number of unbranched alkanes of at least 4 members (excludes halogenated alkanes) is 2. The number of carbonyl (C=O) groups excluding carboxylic acids is 1. The quantitative estimate of drug-likeness (QED) is 0.325. The summed E-state index contributed by atoms with van der Waals surface area (Å²) in [6.45, 7) is 4.58. The highest BCUT2D eigenvalue weighted by molar-refractivity contribution is 7.80. The number of hydrogen-bond donors (Lipinski definition) is 3. The Morgan fingerprint density at radius 1 is 1.28 bits per heavy atom. The smallest absolute Gasteiger partial charge is 0.222 e. The summed E-state index contributed by atoms with van der Waals surface area (Å²) in [7, 11) is 1.61. The Bertz CT molecular complexity index is 608. The molecule has 0 radical (unpaired) electrons. The first-order chi connectivity index (χ1) is 11.9. The van der Waals surface area contributed by atoms with Gasteiger partial charge in [-0.05, 0) is 18.9 Å². The van der Waals surface area contributed by atoms with E-state index in [1.165, 1.54) is 0 Å². The minimum absolute atomic E-state index is 0.115. The van der Waals surface area contributed by atoms with Crippen LogP contribution >= 0.6 is 12.2 Å². The molecule has 0 saturated heterocycles. The summed E-state index contributed by atoms with van der Waals surface area (Å²) >= 11 is 2.77. The van der Waals surface area contributed by atoms with E-state index < -0.39 is 16.8 Å². The zero-order valence-corrected chi connectivity index (χ0v) is 16.5. The van der Waals surface area contributed by atoms with Crippen molar-refractivity contribution >= 4 is 34.4 Å². The van der Waals surface area contributed by atoms with Crippen molar-refractivity contribution in [3.63, 3.8) is 0 Å². The Kier molecular flexibility index (Phi) is 9.20. The van der Waals surface area contributed by atoms with E-state index >= 15 is 0 Å². The molecule has 6 nitrogen and oxygen atoms in total. The van der Waals surface area contributed by atoms with Crippen LogP contribution in [0.5, 0.6) is 0 Å². The first kappa shape index (κ1) is 21.7. The molecule has 1 amide bonds. The normalized spacial score (nSPS) is 14.4. The molecular weight excluding hydrogens is 358 g/mol. The van der Waals surface area contributed by atoms with Gasteiger partial charge in [-0.15, -0.1) is 0 Å². The van der Waals surface area contributed by atoms with Gasteiger partial charge in [-0.25, -0.2) is 4.72 Å². The molecule has 0 bridgehead atoms. The zero-order valence-electron chi connectivity index (χ0n) is 14.9. The first-order valence-electron chi connectivity index (χ1n) is 8.28. The Morgan fingerprint density at radius 2 is 1.92 bits per heavy atom. The highest BCUT2D eigenvalue weighted by Gasteiger charge is 2.39. The number of benzene rings is 1. The first-order valence-corrected chi connectivity index (χ1v) is 9.77. The number of thiocarbonyl (C=S) groups is 1. The van der Waals surface area contributed by atoms with E-state index in [4.69, 9.17) is 12.2 Å². The molecule has 0 aromatic heterocycles. The van der Waals surface area contributed by atoms with Crippen molar-refractivity contribution in [2.24, 2.45) is 0 Å². The van der Waals surface area contributed by atoms with Crippen molar-refractivity contribution < 1.29 is 13.6 Å². The molecule has 2 unspecified atom stereocenters. The molecule has 1 aromatic carbocycles. The fourth-order valence-electron chi connectivity index (χ4n) is 2.55. The van der Waals surface area contributed by atoms with Crippen molar-refractivity contribution in [2.45, 2.75) is 45.1 Å². The zero-order chi connectivity index (χ0) is 18.9. The van der Waals surface area contributed by atoms with Crippen LogP contribution in [0.1, 0.15) is 43.7 Å². The Labute approximate surface area is 157 Å². The molecule has 0 aliphatic rings. The van der Waals surface area contributed by atoms with Gasteiger partial charge in [0.1, 0.15) is 10.5 Å². The standard InChI is InChI=1S/C17H27N3O3S2/c1-4-5-6-11-19-15(21)12-17(16(24)18-3,20-25(22)23)14-9-7-13(2)8-10-14/h7-10,20H,4-6,11-12H2,1-3H3,(H,18,24)(H,19,21)(H,22,23)/p-1. The molecule has 0 aliphatic heterocycles. The van der Waals surface area contributed by atoms with E-state index in [9.17, 15) is 13.6 Å². The molecule has 1 rings (SSSR count). The summed E-state index contributed by atoms with van der Waals surface area (Å²) < 4.78 is 25.3. The molecular formula is C17H26N3O3S2-. The highest BCUT2D eigenvalue weighted by Crippen LogP contribution is 2.27. The average molecular weight is 385 g/mol. The molecule has 3 N–H and O–H groups in total. The van der Waals surface area contributed by atoms with E-state index in [-0.39, 0.29) is 17.3 Å². The number of nitrogens with one attached hydrogen (secondary N) is 3. The minimum Gasteiger partial charge on any atom is -0.760 e. The number of aryl methyl sites for hydroxylation is 1. The maximum atomic E-state index is 12.4. The Morgan fingerprint density at radius 3 is 2.44 bits per heavy atom. The van der Waals surface area contributed by atoms with Gasteiger partial charge < -0.3 is 15.2 Å². The largest absolute Gasteiger partial charge is 0.760 e. The van der Waals surface area contributed by atoms with Crippen molar-refractivity contribution in [2.75, 3.05) is 13.6 Å². The van der Waals surface area contributed by atoms with E-state index in [0.717, 1.165) is 24.8 Å². The summed E-state index contributed by atoms with van der Waals surface area (Å²) in [6, 6.07) is 7.28. The van der Waals surface area contributed by atoms with Crippen LogP contribution in [0, 0.1) is 6.92 Å². The minimum atomic E-state index is -2.60. The van der Waals surface area contributed by atoms with Gasteiger partial charge in [-0.2, -0.15) is 0 Å². The lowest BCUT2D eigenvalue weighted by atomic mass is 9.86. The van der Waals surface area contributed by atoms with Gasteiger partial charge in [0.15, 0.2) is 0 Å². The second-order valence-electron chi connectivity index (χ2n) is 5.92. The van der Waals surface area contributed by atoms with Crippen LogP contribution in [0.3, 0.4) is 0 Å². The Hall–Kier alpha value is -1.35. The summed E-state index contributed by atoms with van der Waals surface area (Å²) in [4.78, 5) is 12.7. The summed E-state index contributed by atoms with van der Waals surface area (Å²) in [6.07, 6.45) is 2.86. The van der Waals surface area contributed by atoms with Crippen molar-refractivity contribution in [1.29, 1.82) is 0 Å². The van der Waals surface area contributed by atoms with E-state index in [1.807, 2.05) is 19.1 Å². The maximum absolute atomic E-state index is 12.4. The van der Waals surface area contributed by atoms with Gasteiger partial charge in [0.05, 0.1) is 6.42 Å². The number of hydrogen-bond acceptors (Lipinski definition) is 4. The van der Waals surface area contributed by atoms with Gasteiger partial charge in [0, 0.05) is 24.9 Å². The Balaban J connectivity index is 3.11. The number of amides is 1. The molecule has 140 valence electrons. The number of rotatable bonds is 10. The van der Waals surface area contributed by atoms with Crippen LogP contribution < -0.4 is 15.4 Å². The SMILES string of the molecule is CCCCCNC(=O)CC(NS(=O)[O-])(C(=S)NC)c1ccc(C)cc1. The summed E-state index contributed by atoms with van der Waals surface area (Å²) in [5.41, 5.74) is 0.324. The van der Waals surface area contributed by atoms with Gasteiger partial charge in [0.25, 0.3) is 0 Å². The molecule has 0 aliphatic carbocycles. The van der Waals surface area contributed by atoms with Crippen molar-refractivity contribution in [3.8, 4) is 0 Å². The second kappa shape index (κ2) is 10.6.